The first-order valence-electron chi connectivity index (χ1n) is 7.87. The van der Waals surface area contributed by atoms with Gasteiger partial charge in [0, 0.05) is 12.2 Å². The topological polar surface area (TPSA) is 12.0 Å². The van der Waals surface area contributed by atoms with Gasteiger partial charge in [-0.2, -0.15) is 0 Å². The number of hydrogen-bond donors (Lipinski definition) is 1. The Morgan fingerprint density at radius 2 is 1.65 bits per heavy atom. The van der Waals surface area contributed by atoms with Crippen LogP contribution in [0.4, 0.5) is 5.69 Å². The number of aryl methyl sites for hydroxylation is 1. The van der Waals surface area contributed by atoms with E-state index in [0.29, 0.717) is 0 Å². The van der Waals surface area contributed by atoms with E-state index in [1.807, 2.05) is 0 Å². The molecule has 1 N–H and O–H groups in total. The van der Waals surface area contributed by atoms with Crippen LogP contribution in [0.1, 0.15) is 42.7 Å². The molecule has 1 fully saturated rings. The van der Waals surface area contributed by atoms with Gasteiger partial charge < -0.3 is 5.32 Å². The second kappa shape index (κ2) is 4.97. The van der Waals surface area contributed by atoms with Crippen molar-refractivity contribution in [1.29, 1.82) is 0 Å². The molecule has 1 nitrogen and oxygen atoms in total. The summed E-state index contributed by atoms with van der Waals surface area (Å²) in [5.41, 5.74) is 7.02. The van der Waals surface area contributed by atoms with Crippen LogP contribution in [0.25, 0.3) is 11.1 Å². The van der Waals surface area contributed by atoms with Gasteiger partial charge in [0.15, 0.2) is 0 Å². The highest BCUT2D eigenvalue weighted by Crippen LogP contribution is 2.37. The fourth-order valence-electron chi connectivity index (χ4n) is 3.34. The van der Waals surface area contributed by atoms with Crippen molar-refractivity contribution in [1.82, 2.24) is 0 Å². The van der Waals surface area contributed by atoms with Gasteiger partial charge in [0.1, 0.15) is 0 Å². The highest BCUT2D eigenvalue weighted by molar-refractivity contribution is 5.69. The molecule has 1 aliphatic carbocycles. The van der Waals surface area contributed by atoms with Crippen molar-refractivity contribution < 1.29 is 0 Å². The quantitative estimate of drug-likeness (QED) is 0.805. The summed E-state index contributed by atoms with van der Waals surface area (Å²) in [6, 6.07) is 16.1. The van der Waals surface area contributed by atoms with Crippen LogP contribution < -0.4 is 5.32 Å². The second-order valence-corrected chi connectivity index (χ2v) is 6.15. The van der Waals surface area contributed by atoms with Gasteiger partial charge in [-0.15, -0.1) is 0 Å². The summed E-state index contributed by atoms with van der Waals surface area (Å²) in [4.78, 5) is 0. The van der Waals surface area contributed by atoms with Gasteiger partial charge in [0.2, 0.25) is 0 Å². The molecule has 0 bridgehead atoms. The fourth-order valence-corrected chi connectivity index (χ4v) is 3.34. The monoisotopic (exact) mass is 263 g/mol. The molecule has 0 saturated heterocycles. The Kier molecular flexibility index (Phi) is 2.99. The Balaban J connectivity index is 1.63. The smallest absolute Gasteiger partial charge is 0.0373 e. The average molecular weight is 263 g/mol. The average Bonchev–Trinajstić information content (AvgIpc) is 2.46. The molecule has 0 aromatic heterocycles. The minimum Gasteiger partial charge on any atom is -0.385 e. The molecule has 2 aliphatic rings. The van der Waals surface area contributed by atoms with Gasteiger partial charge in [-0.3, -0.25) is 0 Å². The number of fused-ring (bicyclic) bond motifs is 1. The van der Waals surface area contributed by atoms with E-state index in [1.165, 1.54) is 60.0 Å². The molecule has 0 amide bonds. The van der Waals surface area contributed by atoms with Gasteiger partial charge in [0.25, 0.3) is 0 Å². The van der Waals surface area contributed by atoms with Crippen LogP contribution in [-0.2, 0) is 6.42 Å². The molecule has 1 heterocycles. The van der Waals surface area contributed by atoms with Crippen molar-refractivity contribution in [3.63, 3.8) is 0 Å². The predicted octanol–water partition coefficient (Wildman–Crippen LogP) is 4.98. The molecule has 1 aliphatic heterocycles. The van der Waals surface area contributed by atoms with Crippen molar-refractivity contribution in [3.05, 3.63) is 53.6 Å². The maximum absolute atomic E-state index is 3.48. The zero-order valence-electron chi connectivity index (χ0n) is 11.9. The molecular weight excluding hydrogens is 242 g/mol. The van der Waals surface area contributed by atoms with E-state index >= 15 is 0 Å². The van der Waals surface area contributed by atoms with Crippen LogP contribution in [0.2, 0.25) is 0 Å². The minimum absolute atomic E-state index is 0.830. The van der Waals surface area contributed by atoms with Crippen LogP contribution in [0.3, 0.4) is 0 Å². The van der Waals surface area contributed by atoms with E-state index in [4.69, 9.17) is 0 Å². The van der Waals surface area contributed by atoms with Gasteiger partial charge in [-0.05, 0) is 66.0 Å². The molecule has 1 heteroatoms. The lowest BCUT2D eigenvalue weighted by atomic mass is 9.80. The van der Waals surface area contributed by atoms with Gasteiger partial charge >= 0.3 is 0 Å². The SMILES string of the molecule is c1cc(C2CCC2)ccc1-c1ccc2c(c1)CCCN2. The molecule has 0 radical (unpaired) electrons. The highest BCUT2D eigenvalue weighted by Gasteiger charge is 2.19. The lowest BCUT2D eigenvalue weighted by molar-refractivity contribution is 0.420. The third-order valence-corrected chi connectivity index (χ3v) is 4.86. The summed E-state index contributed by atoms with van der Waals surface area (Å²) in [6.07, 6.45) is 6.62. The minimum atomic E-state index is 0.830. The van der Waals surface area contributed by atoms with Crippen LogP contribution in [0.15, 0.2) is 42.5 Å². The summed E-state index contributed by atoms with van der Waals surface area (Å²) in [6.45, 7) is 1.11. The zero-order chi connectivity index (χ0) is 13.4. The Morgan fingerprint density at radius 3 is 2.40 bits per heavy atom. The molecular formula is C19H21N. The summed E-state index contributed by atoms with van der Waals surface area (Å²) in [5.74, 6) is 0.830. The molecule has 2 aromatic rings. The highest BCUT2D eigenvalue weighted by atomic mass is 14.9. The predicted molar refractivity (Wildman–Crippen MR) is 85.3 cm³/mol. The molecule has 0 spiro atoms. The number of benzene rings is 2. The zero-order valence-corrected chi connectivity index (χ0v) is 11.9. The Morgan fingerprint density at radius 1 is 0.850 bits per heavy atom. The molecule has 1 saturated carbocycles. The van der Waals surface area contributed by atoms with E-state index in [1.54, 1.807) is 0 Å². The van der Waals surface area contributed by atoms with E-state index in [9.17, 15) is 0 Å². The van der Waals surface area contributed by atoms with Crippen molar-refractivity contribution in [2.45, 2.75) is 38.0 Å². The fraction of sp³-hybridized carbons (Fsp3) is 0.368. The van der Waals surface area contributed by atoms with Crippen LogP contribution in [-0.4, -0.2) is 6.54 Å². The molecule has 0 atom stereocenters. The second-order valence-electron chi connectivity index (χ2n) is 6.15. The van der Waals surface area contributed by atoms with Gasteiger partial charge in [-0.25, -0.2) is 0 Å². The van der Waals surface area contributed by atoms with Crippen LogP contribution in [0, 0.1) is 0 Å². The Labute approximate surface area is 121 Å². The largest absolute Gasteiger partial charge is 0.385 e. The molecule has 2 aromatic carbocycles. The normalized spacial score (nSPS) is 18.0. The van der Waals surface area contributed by atoms with Crippen molar-refractivity contribution in [2.24, 2.45) is 0 Å². The van der Waals surface area contributed by atoms with Crippen molar-refractivity contribution >= 4 is 5.69 Å². The first-order valence-corrected chi connectivity index (χ1v) is 7.87. The molecule has 4 rings (SSSR count). The van der Waals surface area contributed by atoms with Gasteiger partial charge in [-0.1, -0.05) is 36.8 Å². The Hall–Kier alpha value is -1.76. The lowest BCUT2D eigenvalue weighted by Crippen LogP contribution is -2.11. The summed E-state index contributed by atoms with van der Waals surface area (Å²) in [5, 5.41) is 3.48. The number of hydrogen-bond acceptors (Lipinski definition) is 1. The molecule has 102 valence electrons. The molecule has 0 unspecified atom stereocenters. The van der Waals surface area contributed by atoms with Gasteiger partial charge in [0.05, 0.1) is 0 Å². The van der Waals surface area contributed by atoms with Crippen LogP contribution >= 0.6 is 0 Å². The van der Waals surface area contributed by atoms with E-state index in [2.05, 4.69) is 47.8 Å². The number of anilines is 1. The number of nitrogens with one attached hydrogen (secondary N) is 1. The first-order chi connectivity index (χ1) is 9.90. The first kappa shape index (κ1) is 12.0. The molecule has 20 heavy (non-hydrogen) atoms. The summed E-state index contributed by atoms with van der Waals surface area (Å²) < 4.78 is 0. The maximum Gasteiger partial charge on any atom is 0.0373 e. The summed E-state index contributed by atoms with van der Waals surface area (Å²) in [7, 11) is 0. The third kappa shape index (κ3) is 2.11. The number of rotatable bonds is 2. The van der Waals surface area contributed by atoms with E-state index in [-0.39, 0.29) is 0 Å². The third-order valence-electron chi connectivity index (χ3n) is 4.86. The Bertz CT molecular complexity index is 608. The van der Waals surface area contributed by atoms with E-state index in [0.717, 1.165) is 12.5 Å². The lowest BCUT2D eigenvalue weighted by Gasteiger charge is -2.26. The van der Waals surface area contributed by atoms with E-state index < -0.39 is 0 Å². The van der Waals surface area contributed by atoms with Crippen molar-refractivity contribution in [2.75, 3.05) is 11.9 Å². The van der Waals surface area contributed by atoms with Crippen molar-refractivity contribution in [3.8, 4) is 11.1 Å². The summed E-state index contributed by atoms with van der Waals surface area (Å²) >= 11 is 0. The maximum atomic E-state index is 3.48. The van der Waals surface area contributed by atoms with Crippen LogP contribution in [0.5, 0.6) is 0 Å². The standard InChI is InChI=1S/C19H21N/c1-3-14(4-1)15-6-8-16(9-7-15)17-10-11-19-18(13-17)5-2-12-20-19/h6-11,13-14,20H,1-5,12H2.